The summed E-state index contributed by atoms with van der Waals surface area (Å²) in [7, 11) is 0. The molecule has 0 saturated carbocycles. The molecule has 0 fully saturated rings. The summed E-state index contributed by atoms with van der Waals surface area (Å²) in [5, 5.41) is 24.8. The van der Waals surface area contributed by atoms with Gasteiger partial charge in [0.25, 0.3) is 0 Å². The molecule has 20 heavy (non-hydrogen) atoms. The Bertz CT molecular complexity index is 407. The summed E-state index contributed by atoms with van der Waals surface area (Å²) in [6, 6.07) is 9.82. The van der Waals surface area contributed by atoms with Crippen molar-refractivity contribution in [2.24, 2.45) is 5.41 Å². The van der Waals surface area contributed by atoms with Gasteiger partial charge in [0.05, 0.1) is 6.61 Å². The highest BCUT2D eigenvalue weighted by Crippen LogP contribution is 2.19. The predicted octanol–water partition coefficient (Wildman–Crippen LogP) is 0.984. The van der Waals surface area contributed by atoms with E-state index in [9.17, 15) is 9.90 Å². The molecular weight excluding hydrogens is 256 g/mol. The van der Waals surface area contributed by atoms with Crippen molar-refractivity contribution in [3.63, 3.8) is 0 Å². The number of aliphatic hydroxyl groups excluding tert-OH is 2. The van der Waals surface area contributed by atoms with Crippen LogP contribution in [-0.4, -0.2) is 41.9 Å². The number of benzene rings is 1. The first-order valence-corrected chi connectivity index (χ1v) is 6.83. The second-order valence-electron chi connectivity index (χ2n) is 5.49. The summed E-state index contributed by atoms with van der Waals surface area (Å²) in [6.07, 6.45) is -0.443. The topological polar surface area (TPSA) is 81.6 Å². The van der Waals surface area contributed by atoms with E-state index in [1.807, 2.05) is 30.3 Å². The van der Waals surface area contributed by atoms with Crippen LogP contribution in [0.4, 0.5) is 5.69 Å². The smallest absolute Gasteiger partial charge is 0.249 e. The summed E-state index contributed by atoms with van der Waals surface area (Å²) in [4.78, 5) is 11.7. The number of carbonyl (C=O) groups is 1. The number of hydrogen-bond acceptors (Lipinski definition) is 4. The number of nitrogens with one attached hydrogen (secondary N) is 2. The molecule has 112 valence electrons. The zero-order valence-electron chi connectivity index (χ0n) is 12.1. The number of amides is 1. The van der Waals surface area contributed by atoms with E-state index in [0.717, 1.165) is 18.7 Å². The highest BCUT2D eigenvalue weighted by Gasteiger charge is 2.32. The van der Waals surface area contributed by atoms with Crippen molar-refractivity contribution in [1.29, 1.82) is 0 Å². The van der Waals surface area contributed by atoms with Crippen molar-refractivity contribution in [3.8, 4) is 0 Å². The van der Waals surface area contributed by atoms with Gasteiger partial charge in [-0.15, -0.1) is 0 Å². The average molecular weight is 280 g/mol. The minimum Gasteiger partial charge on any atom is -0.396 e. The molecule has 0 saturated heterocycles. The van der Waals surface area contributed by atoms with Gasteiger partial charge in [-0.05, 0) is 18.6 Å². The van der Waals surface area contributed by atoms with Crippen LogP contribution in [0.3, 0.4) is 0 Å². The van der Waals surface area contributed by atoms with E-state index >= 15 is 0 Å². The van der Waals surface area contributed by atoms with Gasteiger partial charge >= 0.3 is 0 Å². The fourth-order valence-corrected chi connectivity index (χ4v) is 1.63. The van der Waals surface area contributed by atoms with Crippen molar-refractivity contribution in [3.05, 3.63) is 30.3 Å². The Morgan fingerprint density at radius 1 is 1.25 bits per heavy atom. The highest BCUT2D eigenvalue weighted by atomic mass is 16.3. The van der Waals surface area contributed by atoms with Crippen molar-refractivity contribution in [2.75, 3.05) is 25.0 Å². The van der Waals surface area contributed by atoms with Crippen LogP contribution in [0.15, 0.2) is 30.3 Å². The molecule has 0 aliphatic rings. The normalized spacial score (nSPS) is 12.8. The first-order chi connectivity index (χ1) is 9.47. The molecule has 0 unspecified atom stereocenters. The van der Waals surface area contributed by atoms with E-state index < -0.39 is 17.4 Å². The van der Waals surface area contributed by atoms with E-state index in [4.69, 9.17) is 5.11 Å². The lowest BCUT2D eigenvalue weighted by Gasteiger charge is -2.27. The summed E-state index contributed by atoms with van der Waals surface area (Å²) in [5.41, 5.74) is 0.215. The fraction of sp³-hybridized carbons (Fsp3) is 0.533. The van der Waals surface area contributed by atoms with Crippen molar-refractivity contribution in [1.82, 2.24) is 5.32 Å². The maximum Gasteiger partial charge on any atom is 0.249 e. The lowest BCUT2D eigenvalue weighted by Crippen LogP contribution is -2.45. The number of carbonyl (C=O) groups excluding carboxylic acids is 1. The summed E-state index contributed by atoms with van der Waals surface area (Å²) < 4.78 is 0. The van der Waals surface area contributed by atoms with Crippen LogP contribution in [0.5, 0.6) is 0 Å². The zero-order valence-corrected chi connectivity index (χ0v) is 12.1. The third kappa shape index (κ3) is 5.19. The summed E-state index contributed by atoms with van der Waals surface area (Å²) >= 11 is 0. The van der Waals surface area contributed by atoms with Crippen LogP contribution >= 0.6 is 0 Å². The molecule has 0 aromatic heterocycles. The van der Waals surface area contributed by atoms with Gasteiger partial charge in [-0.3, -0.25) is 4.79 Å². The molecule has 1 aromatic rings. The molecule has 0 radical (unpaired) electrons. The lowest BCUT2D eigenvalue weighted by molar-refractivity contribution is -0.137. The second-order valence-corrected chi connectivity index (χ2v) is 5.49. The van der Waals surface area contributed by atoms with Crippen LogP contribution in [0.25, 0.3) is 0 Å². The fourth-order valence-electron chi connectivity index (χ4n) is 1.63. The Morgan fingerprint density at radius 2 is 1.90 bits per heavy atom. The first-order valence-electron chi connectivity index (χ1n) is 6.83. The molecule has 1 amide bonds. The van der Waals surface area contributed by atoms with Gasteiger partial charge in [-0.2, -0.15) is 0 Å². The molecule has 0 aliphatic carbocycles. The number of anilines is 1. The van der Waals surface area contributed by atoms with Crippen LogP contribution in [0.2, 0.25) is 0 Å². The Morgan fingerprint density at radius 3 is 2.50 bits per heavy atom. The number of rotatable bonds is 8. The Kier molecular flexibility index (Phi) is 6.48. The summed E-state index contributed by atoms with van der Waals surface area (Å²) in [6.45, 7) is 4.28. The largest absolute Gasteiger partial charge is 0.396 e. The van der Waals surface area contributed by atoms with Crippen LogP contribution in [0.1, 0.15) is 20.3 Å². The molecule has 1 rings (SSSR count). The maximum absolute atomic E-state index is 11.7. The van der Waals surface area contributed by atoms with Gasteiger partial charge in [0, 0.05) is 24.2 Å². The maximum atomic E-state index is 11.7. The van der Waals surface area contributed by atoms with Gasteiger partial charge < -0.3 is 20.8 Å². The molecule has 1 atom stereocenters. The molecule has 5 nitrogen and oxygen atoms in total. The SMILES string of the molecule is CC(C)(CO)[C@@H](O)C(=O)NCCCNc1ccccc1. The standard InChI is InChI=1S/C15H24N2O3/c1-15(2,11-18)13(19)14(20)17-10-6-9-16-12-7-4-3-5-8-12/h3-5,7-8,13,16,18-19H,6,9-11H2,1-2H3,(H,17,20)/t13-/m0/s1. The Balaban J connectivity index is 2.19. The molecule has 4 N–H and O–H groups in total. The van der Waals surface area contributed by atoms with Crippen LogP contribution in [-0.2, 0) is 4.79 Å². The monoisotopic (exact) mass is 280 g/mol. The van der Waals surface area contributed by atoms with E-state index in [1.165, 1.54) is 0 Å². The number of para-hydroxylation sites is 1. The minimum absolute atomic E-state index is 0.239. The quantitative estimate of drug-likeness (QED) is 0.535. The van der Waals surface area contributed by atoms with E-state index in [2.05, 4.69) is 10.6 Å². The zero-order chi connectivity index (χ0) is 15.0. The van der Waals surface area contributed by atoms with Gasteiger partial charge in [0.1, 0.15) is 6.10 Å². The average Bonchev–Trinajstić information content (AvgIpc) is 2.47. The molecule has 0 spiro atoms. The number of aliphatic hydroxyl groups is 2. The molecule has 0 aliphatic heterocycles. The minimum atomic E-state index is -1.20. The van der Waals surface area contributed by atoms with E-state index in [0.29, 0.717) is 6.54 Å². The highest BCUT2D eigenvalue weighted by molar-refractivity contribution is 5.81. The molecule has 0 bridgehead atoms. The third-order valence-corrected chi connectivity index (χ3v) is 3.15. The Hall–Kier alpha value is -1.59. The second kappa shape index (κ2) is 7.87. The van der Waals surface area contributed by atoms with Crippen LogP contribution in [0, 0.1) is 5.41 Å². The molecule has 5 heteroatoms. The van der Waals surface area contributed by atoms with Gasteiger partial charge in [-0.1, -0.05) is 32.0 Å². The van der Waals surface area contributed by atoms with Crippen molar-refractivity contribution < 1.29 is 15.0 Å². The first kappa shape index (κ1) is 16.5. The summed E-state index contributed by atoms with van der Waals surface area (Å²) in [5.74, 6) is -0.441. The number of hydrogen-bond donors (Lipinski definition) is 4. The van der Waals surface area contributed by atoms with Gasteiger partial charge in [-0.25, -0.2) is 0 Å². The Labute approximate surface area is 120 Å². The molecule has 1 aromatic carbocycles. The van der Waals surface area contributed by atoms with E-state index in [1.54, 1.807) is 13.8 Å². The predicted molar refractivity (Wildman–Crippen MR) is 79.4 cm³/mol. The molecule has 0 heterocycles. The molecular formula is C15H24N2O3. The third-order valence-electron chi connectivity index (χ3n) is 3.15. The lowest BCUT2D eigenvalue weighted by atomic mass is 9.87. The van der Waals surface area contributed by atoms with Crippen LogP contribution < -0.4 is 10.6 Å². The van der Waals surface area contributed by atoms with Gasteiger partial charge in [0.15, 0.2) is 0 Å². The van der Waals surface area contributed by atoms with Gasteiger partial charge in [0.2, 0.25) is 5.91 Å². The van der Waals surface area contributed by atoms with Crippen molar-refractivity contribution >= 4 is 11.6 Å². The van der Waals surface area contributed by atoms with E-state index in [-0.39, 0.29) is 6.61 Å². The van der Waals surface area contributed by atoms with Crippen molar-refractivity contribution in [2.45, 2.75) is 26.4 Å².